The number of hydrogen-bond donors (Lipinski definition) is 2. The third-order valence-corrected chi connectivity index (χ3v) is 5.83. The summed E-state index contributed by atoms with van der Waals surface area (Å²) < 4.78 is 1.21. The number of hydrogen-bond acceptors (Lipinski definition) is 6. The summed E-state index contributed by atoms with van der Waals surface area (Å²) in [6, 6.07) is 16.7. The molecule has 0 radical (unpaired) electrons. The van der Waals surface area contributed by atoms with Crippen molar-refractivity contribution < 1.29 is 9.59 Å². The van der Waals surface area contributed by atoms with Gasteiger partial charge < -0.3 is 5.32 Å². The Kier molecular flexibility index (Phi) is 6.14. The van der Waals surface area contributed by atoms with Crippen LogP contribution in [0.5, 0.6) is 0 Å². The minimum atomic E-state index is -0.504. The number of nitrogens with zero attached hydrogens (tertiary/aromatic N) is 3. The van der Waals surface area contributed by atoms with Gasteiger partial charge >= 0.3 is 6.03 Å². The molecule has 3 amide bonds. The number of para-hydroxylation sites is 2. The number of carbonyl (C=O) groups is 2. The van der Waals surface area contributed by atoms with Crippen LogP contribution in [0.15, 0.2) is 54.6 Å². The van der Waals surface area contributed by atoms with E-state index in [9.17, 15) is 9.59 Å². The molecule has 2 heterocycles. The number of urea groups is 1. The summed E-state index contributed by atoms with van der Waals surface area (Å²) >= 11 is 1.73. The van der Waals surface area contributed by atoms with Gasteiger partial charge in [0.05, 0.1) is 23.3 Å². The lowest BCUT2D eigenvalue weighted by molar-refractivity contribution is -0.121. The Bertz CT molecular complexity index is 950. The van der Waals surface area contributed by atoms with Crippen molar-refractivity contribution in [1.29, 1.82) is 0 Å². The zero-order valence-corrected chi connectivity index (χ0v) is 16.8. The van der Waals surface area contributed by atoms with Crippen molar-refractivity contribution in [1.82, 2.24) is 20.1 Å². The van der Waals surface area contributed by atoms with Gasteiger partial charge in [0.1, 0.15) is 5.01 Å². The first kappa shape index (κ1) is 19.5. The van der Waals surface area contributed by atoms with Crippen molar-refractivity contribution in [3.63, 3.8) is 0 Å². The Hall–Kier alpha value is -2.81. The lowest BCUT2D eigenvalue weighted by atomic mass is 10.3. The molecule has 0 aliphatic carbocycles. The van der Waals surface area contributed by atoms with Crippen LogP contribution in [0.25, 0.3) is 10.2 Å². The molecule has 3 aromatic rings. The number of anilines is 1. The highest BCUT2D eigenvalue weighted by Crippen LogP contribution is 2.22. The molecule has 1 aliphatic rings. The van der Waals surface area contributed by atoms with Crippen molar-refractivity contribution in [2.75, 3.05) is 38.0 Å². The van der Waals surface area contributed by atoms with Crippen molar-refractivity contribution >= 4 is 39.2 Å². The molecule has 1 fully saturated rings. The number of fused-ring (bicyclic) bond motifs is 1. The van der Waals surface area contributed by atoms with Crippen molar-refractivity contribution in [2.45, 2.75) is 6.54 Å². The first-order valence-electron chi connectivity index (χ1n) is 9.61. The molecule has 2 aromatic carbocycles. The topological polar surface area (TPSA) is 77.6 Å². The van der Waals surface area contributed by atoms with Crippen LogP contribution < -0.4 is 10.6 Å². The van der Waals surface area contributed by atoms with E-state index < -0.39 is 6.03 Å². The number of aromatic nitrogens is 1. The Morgan fingerprint density at radius 3 is 2.38 bits per heavy atom. The summed E-state index contributed by atoms with van der Waals surface area (Å²) in [5.41, 5.74) is 1.71. The van der Waals surface area contributed by atoms with Gasteiger partial charge in [-0.3, -0.25) is 19.9 Å². The third-order valence-electron chi connectivity index (χ3n) is 4.81. The number of benzene rings is 2. The highest BCUT2D eigenvalue weighted by atomic mass is 32.1. The van der Waals surface area contributed by atoms with Crippen LogP contribution in [0.2, 0.25) is 0 Å². The SMILES string of the molecule is O=C(CN1CCN(Cc2nc3ccccc3s2)CC1)NC(=O)Nc1ccccc1. The molecule has 0 atom stereocenters. The number of carbonyl (C=O) groups excluding carboxylic acids is 2. The Morgan fingerprint density at radius 2 is 1.62 bits per heavy atom. The fourth-order valence-corrected chi connectivity index (χ4v) is 4.35. The van der Waals surface area contributed by atoms with Crippen LogP contribution in [0.3, 0.4) is 0 Å². The van der Waals surface area contributed by atoms with E-state index in [1.165, 1.54) is 4.70 Å². The first-order chi connectivity index (χ1) is 14.2. The van der Waals surface area contributed by atoms with E-state index in [1.54, 1.807) is 23.5 Å². The molecule has 7 nitrogen and oxygen atoms in total. The summed E-state index contributed by atoms with van der Waals surface area (Å²) in [7, 11) is 0. The monoisotopic (exact) mass is 409 g/mol. The summed E-state index contributed by atoms with van der Waals surface area (Å²) in [4.78, 5) is 33.2. The number of rotatable bonds is 5. The van der Waals surface area contributed by atoms with Gasteiger partial charge in [-0.1, -0.05) is 30.3 Å². The minimum absolute atomic E-state index is 0.219. The summed E-state index contributed by atoms with van der Waals surface area (Å²) in [6.45, 7) is 4.38. The van der Waals surface area contributed by atoms with Crippen LogP contribution in [0.1, 0.15) is 5.01 Å². The number of piperazine rings is 1. The van der Waals surface area contributed by atoms with E-state index in [-0.39, 0.29) is 12.5 Å². The fraction of sp³-hybridized carbons (Fsp3) is 0.286. The highest BCUT2D eigenvalue weighted by Gasteiger charge is 2.20. The predicted molar refractivity (Wildman–Crippen MR) is 115 cm³/mol. The largest absolute Gasteiger partial charge is 0.325 e. The van der Waals surface area contributed by atoms with Crippen molar-refractivity contribution in [3.05, 3.63) is 59.6 Å². The van der Waals surface area contributed by atoms with Crippen LogP contribution in [-0.4, -0.2) is 59.4 Å². The van der Waals surface area contributed by atoms with Gasteiger partial charge in [0.2, 0.25) is 5.91 Å². The van der Waals surface area contributed by atoms with Gasteiger partial charge in [0.25, 0.3) is 0 Å². The van der Waals surface area contributed by atoms with Gasteiger partial charge in [-0.2, -0.15) is 0 Å². The van der Waals surface area contributed by atoms with Crippen molar-refractivity contribution in [3.8, 4) is 0 Å². The van der Waals surface area contributed by atoms with Crippen LogP contribution in [-0.2, 0) is 11.3 Å². The van der Waals surface area contributed by atoms with E-state index >= 15 is 0 Å². The maximum atomic E-state index is 12.1. The van der Waals surface area contributed by atoms with E-state index in [4.69, 9.17) is 4.98 Å². The van der Waals surface area contributed by atoms with Gasteiger partial charge in [0.15, 0.2) is 0 Å². The summed E-state index contributed by atoms with van der Waals surface area (Å²) in [6.07, 6.45) is 0. The number of amides is 3. The van der Waals surface area contributed by atoms with Crippen LogP contribution in [0.4, 0.5) is 10.5 Å². The minimum Gasteiger partial charge on any atom is -0.308 e. The quantitative estimate of drug-likeness (QED) is 0.678. The molecule has 0 bridgehead atoms. The molecule has 2 N–H and O–H groups in total. The predicted octanol–water partition coefficient (Wildman–Crippen LogP) is 2.76. The maximum absolute atomic E-state index is 12.1. The summed E-state index contributed by atoms with van der Waals surface area (Å²) in [5, 5.41) is 6.16. The van der Waals surface area contributed by atoms with Crippen LogP contribution in [0, 0.1) is 0 Å². The summed E-state index contributed by atoms with van der Waals surface area (Å²) in [5.74, 6) is -0.293. The molecular weight excluding hydrogens is 386 g/mol. The molecule has 8 heteroatoms. The van der Waals surface area contributed by atoms with E-state index in [0.29, 0.717) is 5.69 Å². The van der Waals surface area contributed by atoms with Gasteiger partial charge in [0, 0.05) is 31.9 Å². The Balaban J connectivity index is 1.20. The molecule has 0 unspecified atom stereocenters. The first-order valence-corrected chi connectivity index (χ1v) is 10.4. The molecule has 1 aliphatic heterocycles. The Morgan fingerprint density at radius 1 is 0.931 bits per heavy atom. The third kappa shape index (κ3) is 5.38. The van der Waals surface area contributed by atoms with Crippen LogP contribution >= 0.6 is 11.3 Å². The Labute approximate surface area is 173 Å². The smallest absolute Gasteiger partial charge is 0.308 e. The van der Waals surface area contributed by atoms with Gasteiger partial charge in [-0.05, 0) is 24.3 Å². The lowest BCUT2D eigenvalue weighted by Crippen LogP contribution is -2.50. The standard InChI is InChI=1S/C21H23N5O2S/c27-19(24-21(28)22-16-6-2-1-3-7-16)14-25-10-12-26(13-11-25)15-20-23-17-8-4-5-9-18(17)29-20/h1-9H,10-15H2,(H2,22,24,27,28). The average Bonchev–Trinajstić information content (AvgIpc) is 3.12. The van der Waals surface area contributed by atoms with Gasteiger partial charge in [-0.15, -0.1) is 11.3 Å². The number of imide groups is 1. The number of thiazole rings is 1. The van der Waals surface area contributed by atoms with Crippen molar-refractivity contribution in [2.24, 2.45) is 0 Å². The molecular formula is C21H23N5O2S. The van der Waals surface area contributed by atoms with E-state index in [0.717, 1.165) is 43.2 Å². The average molecular weight is 410 g/mol. The lowest BCUT2D eigenvalue weighted by Gasteiger charge is -2.33. The zero-order chi connectivity index (χ0) is 20.1. The second-order valence-electron chi connectivity index (χ2n) is 7.00. The molecule has 0 spiro atoms. The second-order valence-corrected chi connectivity index (χ2v) is 8.11. The molecule has 1 saturated heterocycles. The molecule has 4 rings (SSSR count). The molecule has 150 valence electrons. The number of nitrogens with one attached hydrogen (secondary N) is 2. The zero-order valence-electron chi connectivity index (χ0n) is 16.0. The normalized spacial score (nSPS) is 15.3. The van der Waals surface area contributed by atoms with E-state index in [2.05, 4.69) is 26.5 Å². The second kappa shape index (κ2) is 9.13. The van der Waals surface area contributed by atoms with E-state index in [1.807, 2.05) is 36.4 Å². The molecule has 0 saturated carbocycles. The fourth-order valence-electron chi connectivity index (χ4n) is 3.34. The maximum Gasteiger partial charge on any atom is 0.325 e. The molecule has 29 heavy (non-hydrogen) atoms. The highest BCUT2D eigenvalue weighted by molar-refractivity contribution is 7.18. The molecule has 1 aromatic heterocycles. The van der Waals surface area contributed by atoms with Gasteiger partial charge in [-0.25, -0.2) is 9.78 Å².